The molecule has 0 unspecified atom stereocenters. The van der Waals surface area contributed by atoms with Gasteiger partial charge < -0.3 is 9.42 Å². The summed E-state index contributed by atoms with van der Waals surface area (Å²) in [5, 5.41) is 8.77. The molecule has 1 aromatic carbocycles. The summed E-state index contributed by atoms with van der Waals surface area (Å²) in [6, 6.07) is 5.45. The predicted octanol–water partition coefficient (Wildman–Crippen LogP) is 0.688. The molecule has 0 spiro atoms. The first-order valence-corrected chi connectivity index (χ1v) is 8.07. The van der Waals surface area contributed by atoms with Crippen LogP contribution < -0.4 is 5.14 Å². The van der Waals surface area contributed by atoms with E-state index in [0.29, 0.717) is 23.8 Å². The van der Waals surface area contributed by atoms with E-state index in [2.05, 4.69) is 10.1 Å². The molecular weight excluding hydrogens is 308 g/mol. The Morgan fingerprint density at radius 2 is 1.95 bits per heavy atom. The third-order valence-electron chi connectivity index (χ3n) is 3.00. The molecule has 0 aliphatic carbocycles. The molecule has 0 saturated heterocycles. The molecule has 0 bridgehead atoms. The van der Waals surface area contributed by atoms with Crippen molar-refractivity contribution in [1.82, 2.24) is 15.0 Å². The van der Waals surface area contributed by atoms with E-state index in [-0.39, 0.29) is 17.3 Å². The van der Waals surface area contributed by atoms with E-state index < -0.39 is 10.0 Å². The third kappa shape index (κ3) is 3.68. The molecule has 1 heterocycles. The Labute approximate surface area is 128 Å². The number of carbonyl (C=O) groups excluding carboxylic acids is 1. The van der Waals surface area contributed by atoms with Crippen LogP contribution in [-0.2, 0) is 16.6 Å². The smallest absolute Gasteiger partial charge is 0.254 e. The number of hydrogen-bond acceptors (Lipinski definition) is 6. The molecule has 0 fully saturated rings. The van der Waals surface area contributed by atoms with E-state index in [1.807, 2.05) is 6.92 Å². The first-order chi connectivity index (χ1) is 10.3. The number of carbonyl (C=O) groups is 1. The van der Waals surface area contributed by atoms with E-state index in [9.17, 15) is 13.2 Å². The Hall–Kier alpha value is -2.26. The highest BCUT2D eigenvalue weighted by Crippen LogP contribution is 2.12. The summed E-state index contributed by atoms with van der Waals surface area (Å²) in [4.78, 5) is 17.9. The Balaban J connectivity index is 2.17. The van der Waals surface area contributed by atoms with Crippen LogP contribution in [0, 0.1) is 6.92 Å². The van der Waals surface area contributed by atoms with Crippen molar-refractivity contribution in [3.05, 3.63) is 41.5 Å². The van der Waals surface area contributed by atoms with Gasteiger partial charge in [0.2, 0.25) is 15.9 Å². The summed E-state index contributed by atoms with van der Waals surface area (Å²) in [7, 11) is -3.77. The highest BCUT2D eigenvalue weighted by molar-refractivity contribution is 7.89. The molecule has 1 aromatic heterocycles. The van der Waals surface area contributed by atoms with Gasteiger partial charge in [0, 0.05) is 19.0 Å². The number of benzene rings is 1. The van der Waals surface area contributed by atoms with Crippen LogP contribution >= 0.6 is 0 Å². The first-order valence-electron chi connectivity index (χ1n) is 6.52. The zero-order valence-corrected chi connectivity index (χ0v) is 13.0. The second-order valence-corrected chi connectivity index (χ2v) is 6.18. The van der Waals surface area contributed by atoms with Crippen molar-refractivity contribution in [2.75, 3.05) is 6.54 Å². The molecule has 0 atom stereocenters. The molecule has 118 valence electrons. The van der Waals surface area contributed by atoms with Crippen molar-refractivity contribution in [2.45, 2.75) is 25.3 Å². The lowest BCUT2D eigenvalue weighted by Crippen LogP contribution is -2.30. The average Bonchev–Trinajstić information content (AvgIpc) is 2.88. The van der Waals surface area contributed by atoms with Gasteiger partial charge in [-0.15, -0.1) is 0 Å². The molecule has 22 heavy (non-hydrogen) atoms. The number of aromatic nitrogens is 2. The SMILES string of the molecule is CCN(Cc1noc(C)n1)C(=O)c1ccc(S(N)(=O)=O)cc1. The van der Waals surface area contributed by atoms with Gasteiger partial charge in [-0.05, 0) is 31.2 Å². The second kappa shape index (κ2) is 6.24. The molecule has 8 nitrogen and oxygen atoms in total. The summed E-state index contributed by atoms with van der Waals surface area (Å²) in [6.07, 6.45) is 0. The number of nitrogens with zero attached hydrogens (tertiary/aromatic N) is 3. The Bertz CT molecular complexity index is 768. The van der Waals surface area contributed by atoms with Gasteiger partial charge in [0.15, 0.2) is 5.82 Å². The monoisotopic (exact) mass is 324 g/mol. The van der Waals surface area contributed by atoms with Crippen LogP contribution in [-0.4, -0.2) is 35.9 Å². The standard InChI is InChI=1S/C13H16N4O4S/c1-3-17(8-12-15-9(2)21-16-12)13(18)10-4-6-11(7-5-10)22(14,19)20/h4-7H,3,8H2,1-2H3,(H2,14,19,20). The van der Waals surface area contributed by atoms with Crippen LogP contribution in [0.5, 0.6) is 0 Å². The fourth-order valence-corrected chi connectivity index (χ4v) is 2.39. The molecule has 0 aliphatic heterocycles. The molecular formula is C13H16N4O4S. The Kier molecular flexibility index (Phi) is 4.57. The minimum atomic E-state index is -3.77. The lowest BCUT2D eigenvalue weighted by molar-refractivity contribution is 0.0747. The summed E-state index contributed by atoms with van der Waals surface area (Å²) < 4.78 is 27.3. The van der Waals surface area contributed by atoms with Crippen molar-refractivity contribution in [3.8, 4) is 0 Å². The lowest BCUT2D eigenvalue weighted by atomic mass is 10.2. The minimum absolute atomic E-state index is 0.0408. The maximum absolute atomic E-state index is 12.4. The van der Waals surface area contributed by atoms with E-state index in [1.165, 1.54) is 29.2 Å². The van der Waals surface area contributed by atoms with Crippen LogP contribution in [0.2, 0.25) is 0 Å². The maximum atomic E-state index is 12.4. The van der Waals surface area contributed by atoms with Gasteiger partial charge in [-0.3, -0.25) is 4.79 Å². The number of primary sulfonamides is 1. The van der Waals surface area contributed by atoms with Crippen LogP contribution in [0.25, 0.3) is 0 Å². The molecule has 2 rings (SSSR count). The normalized spacial score (nSPS) is 11.4. The summed E-state index contributed by atoms with van der Waals surface area (Å²) in [5.74, 6) is 0.579. The number of aryl methyl sites for hydroxylation is 1. The maximum Gasteiger partial charge on any atom is 0.254 e. The van der Waals surface area contributed by atoms with Gasteiger partial charge in [-0.1, -0.05) is 5.16 Å². The molecule has 1 amide bonds. The Morgan fingerprint density at radius 1 is 1.32 bits per heavy atom. The zero-order valence-electron chi connectivity index (χ0n) is 12.2. The van der Waals surface area contributed by atoms with Gasteiger partial charge in [0.05, 0.1) is 11.4 Å². The molecule has 9 heteroatoms. The van der Waals surface area contributed by atoms with Gasteiger partial charge in [0.25, 0.3) is 5.91 Å². The number of sulfonamides is 1. The lowest BCUT2D eigenvalue weighted by Gasteiger charge is -2.19. The number of nitrogens with two attached hydrogens (primary N) is 1. The molecule has 2 aromatic rings. The summed E-state index contributed by atoms with van der Waals surface area (Å²) >= 11 is 0. The van der Waals surface area contributed by atoms with Gasteiger partial charge in [0.1, 0.15) is 0 Å². The third-order valence-corrected chi connectivity index (χ3v) is 3.93. The van der Waals surface area contributed by atoms with Crippen LogP contribution in [0.15, 0.2) is 33.7 Å². The van der Waals surface area contributed by atoms with Crippen molar-refractivity contribution < 1.29 is 17.7 Å². The number of hydrogen-bond donors (Lipinski definition) is 1. The average molecular weight is 324 g/mol. The highest BCUT2D eigenvalue weighted by atomic mass is 32.2. The van der Waals surface area contributed by atoms with Crippen molar-refractivity contribution in [1.29, 1.82) is 0 Å². The molecule has 0 saturated carbocycles. The van der Waals surface area contributed by atoms with Gasteiger partial charge >= 0.3 is 0 Å². The molecule has 0 radical (unpaired) electrons. The van der Waals surface area contributed by atoms with E-state index in [0.717, 1.165) is 0 Å². The van der Waals surface area contributed by atoms with Gasteiger partial charge in [-0.25, -0.2) is 13.6 Å². The first kappa shape index (κ1) is 16.1. The fraction of sp³-hybridized carbons (Fsp3) is 0.308. The number of amides is 1. The fourth-order valence-electron chi connectivity index (χ4n) is 1.87. The van der Waals surface area contributed by atoms with E-state index in [4.69, 9.17) is 9.66 Å². The van der Waals surface area contributed by atoms with Crippen molar-refractivity contribution >= 4 is 15.9 Å². The van der Waals surface area contributed by atoms with Gasteiger partial charge in [-0.2, -0.15) is 4.98 Å². The van der Waals surface area contributed by atoms with E-state index in [1.54, 1.807) is 6.92 Å². The summed E-state index contributed by atoms with van der Waals surface area (Å²) in [6.45, 7) is 4.15. The van der Waals surface area contributed by atoms with Crippen LogP contribution in [0.4, 0.5) is 0 Å². The minimum Gasteiger partial charge on any atom is -0.340 e. The Morgan fingerprint density at radius 3 is 2.41 bits per heavy atom. The highest BCUT2D eigenvalue weighted by Gasteiger charge is 2.18. The predicted molar refractivity (Wildman–Crippen MR) is 77.3 cm³/mol. The largest absolute Gasteiger partial charge is 0.340 e. The second-order valence-electron chi connectivity index (χ2n) is 4.62. The van der Waals surface area contributed by atoms with Crippen LogP contribution in [0.3, 0.4) is 0 Å². The number of rotatable bonds is 5. The van der Waals surface area contributed by atoms with E-state index >= 15 is 0 Å². The van der Waals surface area contributed by atoms with Crippen molar-refractivity contribution in [2.24, 2.45) is 5.14 Å². The molecule has 0 aliphatic rings. The van der Waals surface area contributed by atoms with Crippen molar-refractivity contribution in [3.63, 3.8) is 0 Å². The van der Waals surface area contributed by atoms with Crippen LogP contribution in [0.1, 0.15) is 29.0 Å². The summed E-state index contributed by atoms with van der Waals surface area (Å²) in [5.41, 5.74) is 0.356. The molecule has 2 N–H and O–H groups in total. The topological polar surface area (TPSA) is 119 Å². The zero-order chi connectivity index (χ0) is 16.3. The quantitative estimate of drug-likeness (QED) is 0.864.